The van der Waals surface area contributed by atoms with Crippen LogP contribution in [0.4, 0.5) is 13.2 Å². The predicted molar refractivity (Wildman–Crippen MR) is 84.8 cm³/mol. The highest BCUT2D eigenvalue weighted by molar-refractivity contribution is 6.37. The molecule has 0 aromatic heterocycles. The summed E-state index contributed by atoms with van der Waals surface area (Å²) in [6.07, 6.45) is -4.48. The molecule has 0 aliphatic carbocycles. The molecule has 0 atom stereocenters. The maximum Gasteiger partial charge on any atom is 0.416 e. The fourth-order valence-corrected chi connectivity index (χ4v) is 2.33. The van der Waals surface area contributed by atoms with E-state index < -0.39 is 23.6 Å². The number of amides is 2. The summed E-state index contributed by atoms with van der Waals surface area (Å²) >= 11 is 0. The first-order valence-corrected chi connectivity index (χ1v) is 7.21. The smallest absolute Gasteiger partial charge is 0.288 e. The van der Waals surface area contributed by atoms with E-state index >= 15 is 0 Å². The van der Waals surface area contributed by atoms with Crippen LogP contribution >= 0.6 is 0 Å². The SMILES string of the molecule is O=C1NC(=O)C(c2ccc(C(F)(F)F)cc2)=C1C#Cc1ccccc1. The van der Waals surface area contributed by atoms with E-state index in [2.05, 4.69) is 17.2 Å². The van der Waals surface area contributed by atoms with Crippen molar-refractivity contribution in [2.45, 2.75) is 6.18 Å². The molecule has 1 N–H and O–H groups in total. The van der Waals surface area contributed by atoms with Crippen LogP contribution in [-0.4, -0.2) is 11.8 Å². The molecular formula is C19H10F3NO2. The van der Waals surface area contributed by atoms with E-state index in [1.54, 1.807) is 24.3 Å². The molecule has 1 aliphatic rings. The van der Waals surface area contributed by atoms with Gasteiger partial charge in [0.05, 0.1) is 11.1 Å². The minimum atomic E-state index is -4.48. The topological polar surface area (TPSA) is 46.2 Å². The number of halogens is 3. The molecule has 0 spiro atoms. The Balaban J connectivity index is 2.04. The fraction of sp³-hybridized carbons (Fsp3) is 0.0526. The summed E-state index contributed by atoms with van der Waals surface area (Å²) in [5.41, 5.74) is -0.0723. The van der Waals surface area contributed by atoms with E-state index in [1.807, 2.05) is 6.07 Å². The van der Waals surface area contributed by atoms with E-state index in [4.69, 9.17) is 0 Å². The third-order valence-corrected chi connectivity index (χ3v) is 3.54. The van der Waals surface area contributed by atoms with E-state index in [-0.39, 0.29) is 16.7 Å². The zero-order valence-corrected chi connectivity index (χ0v) is 12.6. The summed E-state index contributed by atoms with van der Waals surface area (Å²) in [6, 6.07) is 12.9. The summed E-state index contributed by atoms with van der Waals surface area (Å²) in [4.78, 5) is 24.0. The second-order valence-electron chi connectivity index (χ2n) is 5.22. The molecular weight excluding hydrogens is 331 g/mol. The van der Waals surface area contributed by atoms with Crippen molar-refractivity contribution in [2.75, 3.05) is 0 Å². The Morgan fingerprint density at radius 3 is 2.04 bits per heavy atom. The number of alkyl halides is 3. The standard InChI is InChI=1S/C19H10F3NO2/c20-19(21,22)14-9-7-13(8-10-14)16-15(17(24)23-18(16)25)11-6-12-4-2-1-3-5-12/h1-5,7-10H,(H,23,24,25). The lowest BCUT2D eigenvalue weighted by molar-refractivity contribution is -0.137. The molecule has 3 rings (SSSR count). The van der Waals surface area contributed by atoms with Crippen molar-refractivity contribution < 1.29 is 22.8 Å². The molecule has 124 valence electrons. The van der Waals surface area contributed by atoms with Gasteiger partial charge in [0, 0.05) is 5.56 Å². The molecule has 6 heteroatoms. The van der Waals surface area contributed by atoms with Crippen LogP contribution in [0, 0.1) is 11.8 Å². The third-order valence-electron chi connectivity index (χ3n) is 3.54. The first-order chi connectivity index (χ1) is 11.9. The molecule has 0 bridgehead atoms. The Hall–Kier alpha value is -3.33. The summed E-state index contributed by atoms with van der Waals surface area (Å²) < 4.78 is 38.0. The van der Waals surface area contributed by atoms with Gasteiger partial charge in [-0.05, 0) is 29.8 Å². The molecule has 2 aromatic carbocycles. The highest BCUT2D eigenvalue weighted by Gasteiger charge is 2.33. The number of hydrogen-bond acceptors (Lipinski definition) is 2. The van der Waals surface area contributed by atoms with Crippen molar-refractivity contribution in [3.05, 3.63) is 76.9 Å². The Labute approximate surface area is 141 Å². The zero-order valence-electron chi connectivity index (χ0n) is 12.6. The quantitative estimate of drug-likeness (QED) is 0.640. The van der Waals surface area contributed by atoms with Gasteiger partial charge in [0.2, 0.25) is 0 Å². The molecule has 25 heavy (non-hydrogen) atoms. The molecule has 2 amide bonds. The number of rotatable bonds is 1. The van der Waals surface area contributed by atoms with Gasteiger partial charge >= 0.3 is 6.18 Å². The van der Waals surface area contributed by atoms with Gasteiger partial charge in [-0.15, -0.1) is 0 Å². The normalized spacial score (nSPS) is 14.2. The molecule has 0 saturated carbocycles. The highest BCUT2D eigenvalue weighted by Crippen LogP contribution is 2.31. The number of carbonyl (C=O) groups is 2. The second-order valence-corrected chi connectivity index (χ2v) is 5.22. The first-order valence-electron chi connectivity index (χ1n) is 7.21. The van der Waals surface area contributed by atoms with Crippen LogP contribution in [0.2, 0.25) is 0 Å². The number of benzene rings is 2. The number of hydrogen-bond donors (Lipinski definition) is 1. The molecule has 0 saturated heterocycles. The van der Waals surface area contributed by atoms with Crippen molar-refractivity contribution in [1.29, 1.82) is 0 Å². The Morgan fingerprint density at radius 2 is 1.44 bits per heavy atom. The largest absolute Gasteiger partial charge is 0.416 e. The minimum absolute atomic E-state index is 0.0258. The van der Waals surface area contributed by atoms with E-state index in [0.717, 1.165) is 24.3 Å². The van der Waals surface area contributed by atoms with Crippen molar-refractivity contribution in [2.24, 2.45) is 0 Å². The summed E-state index contributed by atoms with van der Waals surface area (Å²) in [7, 11) is 0. The number of nitrogens with one attached hydrogen (secondary N) is 1. The van der Waals surface area contributed by atoms with Gasteiger partial charge in [0.25, 0.3) is 11.8 Å². The van der Waals surface area contributed by atoms with Gasteiger partial charge in [-0.2, -0.15) is 13.2 Å². The molecule has 0 unspecified atom stereocenters. The van der Waals surface area contributed by atoms with Crippen LogP contribution < -0.4 is 5.32 Å². The monoisotopic (exact) mass is 341 g/mol. The molecule has 1 heterocycles. The summed E-state index contributed by atoms with van der Waals surface area (Å²) in [5, 5.41) is 2.12. The molecule has 3 nitrogen and oxygen atoms in total. The average molecular weight is 341 g/mol. The minimum Gasteiger partial charge on any atom is -0.288 e. The van der Waals surface area contributed by atoms with Crippen LogP contribution in [0.15, 0.2) is 60.2 Å². The molecule has 0 fully saturated rings. The molecule has 1 aliphatic heterocycles. The van der Waals surface area contributed by atoms with E-state index in [9.17, 15) is 22.8 Å². The van der Waals surface area contributed by atoms with Crippen LogP contribution in [0.3, 0.4) is 0 Å². The van der Waals surface area contributed by atoms with Gasteiger partial charge < -0.3 is 0 Å². The van der Waals surface area contributed by atoms with Crippen molar-refractivity contribution in [3.63, 3.8) is 0 Å². The summed E-state index contributed by atoms with van der Waals surface area (Å²) in [5.74, 6) is 4.08. The molecule has 2 aromatic rings. The molecule has 0 radical (unpaired) electrons. The number of imide groups is 1. The predicted octanol–water partition coefficient (Wildman–Crippen LogP) is 3.17. The van der Waals surface area contributed by atoms with Gasteiger partial charge in [-0.25, -0.2) is 0 Å². The van der Waals surface area contributed by atoms with Gasteiger partial charge in [0.15, 0.2) is 0 Å². The van der Waals surface area contributed by atoms with Crippen LogP contribution in [0.1, 0.15) is 16.7 Å². The Morgan fingerprint density at radius 1 is 0.800 bits per heavy atom. The number of carbonyl (C=O) groups excluding carboxylic acids is 2. The average Bonchev–Trinajstić information content (AvgIpc) is 2.86. The van der Waals surface area contributed by atoms with Crippen LogP contribution in [0.5, 0.6) is 0 Å². The Kier molecular flexibility index (Phi) is 4.15. The van der Waals surface area contributed by atoms with Crippen molar-refractivity contribution in [3.8, 4) is 11.8 Å². The summed E-state index contributed by atoms with van der Waals surface area (Å²) in [6.45, 7) is 0. The van der Waals surface area contributed by atoms with Gasteiger partial charge in [-0.3, -0.25) is 14.9 Å². The highest BCUT2D eigenvalue weighted by atomic mass is 19.4. The maximum atomic E-state index is 12.7. The zero-order chi connectivity index (χ0) is 18.0. The Bertz CT molecular complexity index is 931. The van der Waals surface area contributed by atoms with E-state index in [0.29, 0.717) is 5.56 Å². The lowest BCUT2D eigenvalue weighted by Gasteiger charge is -2.07. The van der Waals surface area contributed by atoms with Crippen molar-refractivity contribution in [1.82, 2.24) is 5.32 Å². The van der Waals surface area contributed by atoms with Gasteiger partial charge in [-0.1, -0.05) is 42.2 Å². The van der Waals surface area contributed by atoms with Gasteiger partial charge in [0.1, 0.15) is 5.57 Å². The lowest BCUT2D eigenvalue weighted by Crippen LogP contribution is -2.22. The third kappa shape index (κ3) is 3.45. The van der Waals surface area contributed by atoms with E-state index in [1.165, 1.54) is 0 Å². The van der Waals surface area contributed by atoms with Crippen LogP contribution in [0.25, 0.3) is 5.57 Å². The second kappa shape index (κ2) is 6.29. The fourth-order valence-electron chi connectivity index (χ4n) is 2.33. The first kappa shape index (κ1) is 16.5. The lowest BCUT2D eigenvalue weighted by atomic mass is 10.00. The van der Waals surface area contributed by atoms with Crippen molar-refractivity contribution >= 4 is 17.4 Å². The maximum absolute atomic E-state index is 12.7. The van der Waals surface area contributed by atoms with Crippen LogP contribution in [-0.2, 0) is 15.8 Å².